The van der Waals surface area contributed by atoms with Crippen molar-refractivity contribution in [2.75, 3.05) is 6.54 Å². The molecule has 1 saturated heterocycles. The normalized spacial score (nSPS) is 29.3. The molecule has 10 nitrogen and oxygen atoms in total. The molecule has 0 spiro atoms. The molecule has 0 radical (unpaired) electrons. The first-order chi connectivity index (χ1) is 22.9. The zero-order valence-electron chi connectivity index (χ0n) is 31.1. The van der Waals surface area contributed by atoms with E-state index in [4.69, 9.17) is 19.2 Å². The summed E-state index contributed by atoms with van der Waals surface area (Å²) in [5.41, 5.74) is 1.28. The smallest absolute Gasteiger partial charge is 0.404 e. The van der Waals surface area contributed by atoms with Gasteiger partial charge in [-0.05, 0) is 74.8 Å². The van der Waals surface area contributed by atoms with E-state index >= 15 is 0 Å². The summed E-state index contributed by atoms with van der Waals surface area (Å²) in [6, 6.07) is 11.7. The molecule has 1 aromatic carbocycles. The second-order valence-corrected chi connectivity index (χ2v) is 17.5. The van der Waals surface area contributed by atoms with Crippen LogP contribution in [0, 0.1) is 23.2 Å². The summed E-state index contributed by atoms with van der Waals surface area (Å²) in [4.78, 5) is 34.1. The van der Waals surface area contributed by atoms with Crippen LogP contribution in [-0.4, -0.2) is 64.2 Å². The van der Waals surface area contributed by atoms with Crippen molar-refractivity contribution in [3.63, 3.8) is 0 Å². The number of oxime groups is 1. The minimum absolute atomic E-state index is 0.0153. The summed E-state index contributed by atoms with van der Waals surface area (Å²) in [5, 5.41) is 15.5. The molecule has 2 bridgehead atoms. The molecule has 7 rings (SSSR count). The highest BCUT2D eigenvalue weighted by molar-refractivity contribution is 6.48. The molecule has 6 atom stereocenters. The Morgan fingerprint density at radius 3 is 2.43 bits per heavy atom. The first-order valence-electron chi connectivity index (χ1n) is 18.2. The van der Waals surface area contributed by atoms with Crippen molar-refractivity contribution in [2.45, 2.75) is 136 Å². The molecule has 11 heteroatoms. The average molecular weight is 674 g/mol. The average Bonchev–Trinajstić information content (AvgIpc) is 3.75. The van der Waals surface area contributed by atoms with Gasteiger partial charge in [-0.3, -0.25) is 14.3 Å². The van der Waals surface area contributed by atoms with Crippen LogP contribution in [0.15, 0.2) is 41.6 Å². The van der Waals surface area contributed by atoms with Crippen molar-refractivity contribution in [3.8, 4) is 0 Å². The van der Waals surface area contributed by atoms with Gasteiger partial charge >= 0.3 is 7.12 Å². The third-order valence-electron chi connectivity index (χ3n) is 11.6. The van der Waals surface area contributed by atoms with E-state index < -0.39 is 12.7 Å². The number of hydrogen-bond acceptors (Lipinski definition) is 7. The van der Waals surface area contributed by atoms with Gasteiger partial charge in [0.2, 0.25) is 5.60 Å². The molecule has 3 saturated carbocycles. The lowest BCUT2D eigenvalue weighted by Crippen LogP contribution is -2.65. The highest BCUT2D eigenvalue weighted by Crippen LogP contribution is 2.65. The van der Waals surface area contributed by atoms with Gasteiger partial charge in [0, 0.05) is 24.3 Å². The highest BCUT2D eigenvalue weighted by atomic mass is 16.7. The number of carbonyl (C=O) groups excluding carboxylic acids is 2. The molecule has 2 aromatic rings. The number of benzene rings is 1. The Morgan fingerprint density at radius 1 is 1.08 bits per heavy atom. The molecular weight excluding hydrogens is 617 g/mol. The van der Waals surface area contributed by atoms with Crippen LogP contribution in [0.25, 0.3) is 0 Å². The van der Waals surface area contributed by atoms with Gasteiger partial charge in [-0.2, -0.15) is 5.10 Å². The van der Waals surface area contributed by atoms with Gasteiger partial charge in [0.1, 0.15) is 5.69 Å². The molecule has 49 heavy (non-hydrogen) atoms. The molecule has 5 aliphatic rings. The van der Waals surface area contributed by atoms with E-state index in [0.29, 0.717) is 42.0 Å². The van der Waals surface area contributed by atoms with Gasteiger partial charge in [-0.15, -0.1) is 0 Å². The van der Waals surface area contributed by atoms with Crippen LogP contribution in [0.2, 0.25) is 0 Å². The number of hydrogen-bond donors (Lipinski definition) is 2. The van der Waals surface area contributed by atoms with Crippen molar-refractivity contribution < 1.29 is 23.7 Å². The minimum Gasteiger partial charge on any atom is -0.404 e. The standard InChI is InChI=1S/C38H56BN5O5/c1-23(2)16-32(39-47-31-18-26-17-29(36(26,8)9)37(31,10)48-39)41-34(46)38(20-25-14-12-11-13-15-25)21-27(43-49-38)22-40-33(45)28-19-30(35(5,6)7)42-44(28)24(3)4/h11-15,19,23-24,26,29,31-32H,16-18,20-22H2,1-10H3,(H,40,45)(H,41,46)/t26-,29-,31+,32-,37-,38?/m0/s1. The maximum absolute atomic E-state index is 14.5. The summed E-state index contributed by atoms with van der Waals surface area (Å²) in [5.74, 6) is 0.512. The monoisotopic (exact) mass is 673 g/mol. The third-order valence-corrected chi connectivity index (χ3v) is 11.6. The van der Waals surface area contributed by atoms with E-state index in [2.05, 4.69) is 71.2 Å². The molecule has 1 aromatic heterocycles. The maximum Gasteiger partial charge on any atom is 0.481 e. The highest BCUT2D eigenvalue weighted by Gasteiger charge is 2.68. The molecule has 266 valence electrons. The zero-order chi connectivity index (χ0) is 35.5. The lowest BCUT2D eigenvalue weighted by Gasteiger charge is -2.64. The van der Waals surface area contributed by atoms with E-state index in [9.17, 15) is 9.59 Å². The van der Waals surface area contributed by atoms with Crippen LogP contribution < -0.4 is 10.6 Å². The van der Waals surface area contributed by atoms with Crippen molar-refractivity contribution in [1.82, 2.24) is 20.4 Å². The fraction of sp³-hybridized carbons (Fsp3) is 0.684. The Balaban J connectivity index is 1.18. The fourth-order valence-electron chi connectivity index (χ4n) is 8.58. The minimum atomic E-state index is -1.28. The number of aromatic nitrogens is 2. The molecule has 2 amide bonds. The Bertz CT molecular complexity index is 1580. The van der Waals surface area contributed by atoms with Gasteiger partial charge in [-0.1, -0.05) is 84.0 Å². The van der Waals surface area contributed by atoms with Crippen molar-refractivity contribution in [2.24, 2.45) is 28.3 Å². The van der Waals surface area contributed by atoms with Gasteiger partial charge in [-0.25, -0.2) is 0 Å². The molecule has 2 N–H and O–H groups in total. The van der Waals surface area contributed by atoms with Crippen LogP contribution in [0.3, 0.4) is 0 Å². The topological polar surface area (TPSA) is 116 Å². The lowest BCUT2D eigenvalue weighted by atomic mass is 9.43. The summed E-state index contributed by atoms with van der Waals surface area (Å²) in [7, 11) is -0.546. The van der Waals surface area contributed by atoms with Crippen LogP contribution in [-0.2, 0) is 30.8 Å². The molecule has 3 heterocycles. The maximum atomic E-state index is 14.5. The molecular formula is C38H56BN5O5. The van der Waals surface area contributed by atoms with E-state index in [1.54, 1.807) is 4.68 Å². The largest absolute Gasteiger partial charge is 0.481 e. The predicted molar refractivity (Wildman–Crippen MR) is 191 cm³/mol. The first-order valence-corrected chi connectivity index (χ1v) is 18.2. The van der Waals surface area contributed by atoms with Crippen molar-refractivity contribution in [3.05, 3.63) is 53.3 Å². The Morgan fingerprint density at radius 2 is 1.80 bits per heavy atom. The van der Waals surface area contributed by atoms with Gasteiger partial charge in [0.15, 0.2) is 0 Å². The lowest BCUT2D eigenvalue weighted by molar-refractivity contribution is -0.199. The molecule has 3 aliphatic carbocycles. The van der Waals surface area contributed by atoms with Gasteiger partial charge in [0.25, 0.3) is 11.8 Å². The zero-order valence-corrected chi connectivity index (χ0v) is 31.1. The Kier molecular flexibility index (Phi) is 9.35. The number of nitrogens with zero attached hydrogens (tertiary/aromatic N) is 3. The number of amides is 2. The Hall–Kier alpha value is -3.18. The molecule has 2 aliphatic heterocycles. The van der Waals surface area contributed by atoms with Crippen LogP contribution in [0.4, 0.5) is 0 Å². The Labute approximate surface area is 292 Å². The summed E-state index contributed by atoms with van der Waals surface area (Å²) in [6.45, 7) is 21.6. The quantitative estimate of drug-likeness (QED) is 0.281. The second kappa shape index (κ2) is 12.9. The first kappa shape index (κ1) is 35.6. The van der Waals surface area contributed by atoms with E-state index in [-0.39, 0.29) is 59.3 Å². The van der Waals surface area contributed by atoms with E-state index in [0.717, 1.165) is 17.7 Å². The second-order valence-electron chi connectivity index (χ2n) is 17.5. The number of carbonyl (C=O) groups is 2. The van der Waals surface area contributed by atoms with Gasteiger partial charge < -0.3 is 24.8 Å². The SMILES string of the molecule is CC(C)C[C@H](NC(=O)C1(Cc2ccccc2)CC(CNC(=O)c2cc(C(C)(C)C)nn2C(C)C)=NO1)B1O[C@@H]2C[C@@H]3C[C@@H](C3(C)C)[C@]2(C)O1. The predicted octanol–water partition coefficient (Wildman–Crippen LogP) is 6.05. The van der Waals surface area contributed by atoms with Crippen molar-refractivity contribution >= 4 is 24.6 Å². The van der Waals surface area contributed by atoms with Crippen molar-refractivity contribution in [1.29, 1.82) is 0 Å². The number of nitrogens with one attached hydrogen (secondary N) is 2. The van der Waals surface area contributed by atoms with E-state index in [1.165, 1.54) is 6.42 Å². The van der Waals surface area contributed by atoms with E-state index in [1.807, 2.05) is 50.2 Å². The van der Waals surface area contributed by atoms with Gasteiger partial charge in [0.05, 0.1) is 35.6 Å². The number of rotatable bonds is 11. The van der Waals surface area contributed by atoms with Crippen LogP contribution in [0.5, 0.6) is 0 Å². The summed E-state index contributed by atoms with van der Waals surface area (Å²) < 4.78 is 15.3. The van der Waals surface area contributed by atoms with Crippen LogP contribution >= 0.6 is 0 Å². The third kappa shape index (κ3) is 6.69. The summed E-state index contributed by atoms with van der Waals surface area (Å²) in [6.07, 6.45) is 3.44. The van der Waals surface area contributed by atoms with Crippen LogP contribution in [0.1, 0.15) is 123 Å². The fourth-order valence-corrected chi connectivity index (χ4v) is 8.58. The molecule has 4 fully saturated rings. The molecule has 1 unspecified atom stereocenters. The summed E-state index contributed by atoms with van der Waals surface area (Å²) >= 11 is 0.